The lowest BCUT2D eigenvalue weighted by Crippen LogP contribution is -2.16. The molecule has 4 aromatic rings. The third-order valence-corrected chi connectivity index (χ3v) is 3.98. The van der Waals surface area contributed by atoms with Gasteiger partial charge in [0.15, 0.2) is 5.69 Å². The summed E-state index contributed by atoms with van der Waals surface area (Å²) in [5, 5.41) is 8.71. The topological polar surface area (TPSA) is 124 Å². The number of carbonyl (C=O) groups is 1. The van der Waals surface area contributed by atoms with E-state index in [1.807, 2.05) is 37.3 Å². The highest BCUT2D eigenvalue weighted by Gasteiger charge is 2.15. The molecule has 0 radical (unpaired) electrons. The highest BCUT2D eigenvalue weighted by molar-refractivity contribution is 6.07. The van der Waals surface area contributed by atoms with Gasteiger partial charge in [-0.15, -0.1) is 10.2 Å². The molecule has 0 aliphatic carbocycles. The molecule has 0 aliphatic rings. The van der Waals surface area contributed by atoms with E-state index in [0.717, 1.165) is 28.0 Å². The van der Waals surface area contributed by atoms with Gasteiger partial charge in [0.2, 0.25) is 0 Å². The molecule has 0 saturated carbocycles. The van der Waals surface area contributed by atoms with Crippen LogP contribution in [-0.2, 0) is 0 Å². The number of primary amides is 1. The molecule has 0 unspecified atom stereocenters. The number of benzene rings is 2. The smallest absolute Gasteiger partial charge is 0.271 e. The molecule has 0 saturated heterocycles. The Kier molecular flexibility index (Phi) is 2.96. The van der Waals surface area contributed by atoms with Gasteiger partial charge in [0.05, 0.1) is 16.7 Å². The van der Waals surface area contributed by atoms with Crippen LogP contribution in [0, 0.1) is 6.92 Å². The summed E-state index contributed by atoms with van der Waals surface area (Å²) in [5.41, 5.74) is 15.8. The Morgan fingerprint density at radius 3 is 2.79 bits per heavy atom. The van der Waals surface area contributed by atoms with Gasteiger partial charge in [-0.2, -0.15) is 0 Å². The van der Waals surface area contributed by atoms with Crippen LogP contribution >= 0.6 is 0 Å². The number of nitrogens with zero attached hydrogens (tertiary/aromatic N) is 3. The number of hydrogen-bond donors (Lipinski definition) is 3. The Bertz CT molecular complexity index is 1110. The molecule has 24 heavy (non-hydrogen) atoms. The molecular weight excluding hydrogens is 304 g/mol. The molecule has 1 amide bonds. The predicted molar refractivity (Wildman–Crippen MR) is 92.3 cm³/mol. The average Bonchev–Trinajstić information content (AvgIpc) is 2.93. The fourth-order valence-corrected chi connectivity index (χ4v) is 2.87. The first-order chi connectivity index (χ1) is 11.5. The first kappa shape index (κ1) is 14.1. The molecule has 2 aromatic carbocycles. The molecule has 0 fully saturated rings. The third-order valence-electron chi connectivity index (χ3n) is 3.98. The lowest BCUT2D eigenvalue weighted by atomic mass is 10.0. The van der Waals surface area contributed by atoms with E-state index in [2.05, 4.69) is 20.2 Å². The summed E-state index contributed by atoms with van der Waals surface area (Å²) in [4.78, 5) is 19.0. The Labute approximate surface area is 136 Å². The van der Waals surface area contributed by atoms with Gasteiger partial charge in [-0.25, -0.2) is 4.98 Å². The Balaban J connectivity index is 1.98. The van der Waals surface area contributed by atoms with Crippen molar-refractivity contribution in [1.29, 1.82) is 0 Å². The summed E-state index contributed by atoms with van der Waals surface area (Å²) in [7, 11) is 0. The van der Waals surface area contributed by atoms with Crippen molar-refractivity contribution in [1.82, 2.24) is 20.2 Å². The molecular formula is C17H14N6O. The number of aromatic nitrogens is 4. The van der Waals surface area contributed by atoms with E-state index in [9.17, 15) is 4.79 Å². The second kappa shape index (κ2) is 5.02. The standard InChI is InChI=1S/C17H14N6O/c1-8-20-12-6-5-9(7-13(12)21-8)10-3-2-4-11-14(18)16(17(19)24)23-22-15(10)11/h2-7H,1H3,(H2,18,22)(H2,19,24)(H,20,21). The van der Waals surface area contributed by atoms with Crippen LogP contribution in [0.2, 0.25) is 0 Å². The number of H-pyrrole nitrogens is 1. The number of fused-ring (bicyclic) bond motifs is 2. The molecule has 2 heterocycles. The number of imidazole rings is 1. The maximum atomic E-state index is 11.4. The fraction of sp³-hybridized carbons (Fsp3) is 0.0588. The van der Waals surface area contributed by atoms with Gasteiger partial charge >= 0.3 is 0 Å². The van der Waals surface area contributed by atoms with Crippen molar-refractivity contribution in [3.63, 3.8) is 0 Å². The van der Waals surface area contributed by atoms with Crippen LogP contribution in [0.15, 0.2) is 36.4 Å². The largest absolute Gasteiger partial charge is 0.396 e. The Hall–Kier alpha value is -3.48. The highest BCUT2D eigenvalue weighted by Crippen LogP contribution is 2.31. The van der Waals surface area contributed by atoms with Gasteiger partial charge in [0.1, 0.15) is 11.3 Å². The molecule has 5 N–H and O–H groups in total. The number of carbonyl (C=O) groups excluding carboxylic acids is 1. The van der Waals surface area contributed by atoms with Crippen LogP contribution in [0.1, 0.15) is 16.3 Å². The summed E-state index contributed by atoms with van der Waals surface area (Å²) in [6, 6.07) is 11.5. The second-order valence-corrected chi connectivity index (χ2v) is 5.58. The Morgan fingerprint density at radius 2 is 2.00 bits per heavy atom. The van der Waals surface area contributed by atoms with E-state index in [1.54, 1.807) is 6.07 Å². The number of nitrogens with one attached hydrogen (secondary N) is 1. The van der Waals surface area contributed by atoms with E-state index >= 15 is 0 Å². The zero-order valence-corrected chi connectivity index (χ0v) is 12.9. The molecule has 0 spiro atoms. The van der Waals surface area contributed by atoms with Gasteiger partial charge in [-0.1, -0.05) is 24.3 Å². The minimum Gasteiger partial charge on any atom is -0.396 e. The van der Waals surface area contributed by atoms with Crippen LogP contribution in [0.5, 0.6) is 0 Å². The van der Waals surface area contributed by atoms with Crippen LogP contribution in [0.4, 0.5) is 5.69 Å². The van der Waals surface area contributed by atoms with Crippen LogP contribution < -0.4 is 11.5 Å². The summed E-state index contributed by atoms with van der Waals surface area (Å²) >= 11 is 0. The monoisotopic (exact) mass is 318 g/mol. The summed E-state index contributed by atoms with van der Waals surface area (Å²) < 4.78 is 0. The van der Waals surface area contributed by atoms with Gasteiger partial charge in [-0.05, 0) is 24.6 Å². The zero-order valence-electron chi connectivity index (χ0n) is 12.9. The van der Waals surface area contributed by atoms with E-state index < -0.39 is 5.91 Å². The van der Waals surface area contributed by atoms with Gasteiger partial charge < -0.3 is 16.5 Å². The van der Waals surface area contributed by atoms with Crippen molar-refractivity contribution < 1.29 is 4.79 Å². The van der Waals surface area contributed by atoms with Crippen LogP contribution in [0.25, 0.3) is 33.1 Å². The maximum Gasteiger partial charge on any atom is 0.271 e. The van der Waals surface area contributed by atoms with Gasteiger partial charge in [0, 0.05) is 10.9 Å². The molecule has 0 aliphatic heterocycles. The number of aryl methyl sites for hydroxylation is 1. The number of nitrogens with two attached hydrogens (primary N) is 2. The maximum absolute atomic E-state index is 11.4. The molecule has 0 atom stereocenters. The average molecular weight is 318 g/mol. The highest BCUT2D eigenvalue weighted by atomic mass is 16.1. The first-order valence-corrected chi connectivity index (χ1v) is 7.36. The molecule has 2 aromatic heterocycles. The van der Waals surface area contributed by atoms with E-state index in [-0.39, 0.29) is 11.4 Å². The zero-order chi connectivity index (χ0) is 16.8. The molecule has 7 heteroatoms. The van der Waals surface area contributed by atoms with Crippen molar-refractivity contribution in [2.45, 2.75) is 6.92 Å². The first-order valence-electron chi connectivity index (χ1n) is 7.36. The predicted octanol–water partition coefficient (Wildman–Crippen LogP) is 2.16. The number of amides is 1. The normalized spacial score (nSPS) is 11.2. The van der Waals surface area contributed by atoms with Crippen molar-refractivity contribution in [2.75, 3.05) is 5.73 Å². The number of rotatable bonds is 2. The molecule has 0 bridgehead atoms. The van der Waals surface area contributed by atoms with E-state index in [4.69, 9.17) is 11.5 Å². The second-order valence-electron chi connectivity index (χ2n) is 5.58. The lowest BCUT2D eigenvalue weighted by molar-refractivity contribution is 0.0996. The van der Waals surface area contributed by atoms with Crippen LogP contribution in [0.3, 0.4) is 0 Å². The van der Waals surface area contributed by atoms with Gasteiger partial charge in [0.25, 0.3) is 5.91 Å². The number of aromatic amines is 1. The summed E-state index contributed by atoms with van der Waals surface area (Å²) in [6.07, 6.45) is 0. The van der Waals surface area contributed by atoms with Crippen molar-refractivity contribution in [3.05, 3.63) is 47.9 Å². The number of anilines is 1. The number of hydrogen-bond acceptors (Lipinski definition) is 5. The van der Waals surface area contributed by atoms with E-state index in [0.29, 0.717) is 10.9 Å². The van der Waals surface area contributed by atoms with Crippen LogP contribution in [-0.4, -0.2) is 26.1 Å². The summed E-state index contributed by atoms with van der Waals surface area (Å²) in [6.45, 7) is 1.91. The molecule has 4 rings (SSSR count). The van der Waals surface area contributed by atoms with Crippen molar-refractivity contribution in [3.8, 4) is 11.1 Å². The minimum atomic E-state index is -0.693. The SMILES string of the molecule is Cc1nc2ccc(-c3cccc4c(N)c(C(N)=O)nnc34)cc2[nH]1. The minimum absolute atomic E-state index is 0.0145. The Morgan fingerprint density at radius 1 is 1.17 bits per heavy atom. The molecule has 118 valence electrons. The third kappa shape index (κ3) is 2.06. The lowest BCUT2D eigenvalue weighted by Gasteiger charge is -2.09. The number of nitrogen functional groups attached to an aromatic ring is 1. The molecule has 7 nitrogen and oxygen atoms in total. The summed E-state index contributed by atoms with van der Waals surface area (Å²) in [5.74, 6) is 0.164. The fourth-order valence-electron chi connectivity index (χ4n) is 2.87. The van der Waals surface area contributed by atoms with E-state index in [1.165, 1.54) is 0 Å². The van der Waals surface area contributed by atoms with Gasteiger partial charge in [-0.3, -0.25) is 4.79 Å². The van der Waals surface area contributed by atoms with Crippen molar-refractivity contribution in [2.24, 2.45) is 5.73 Å². The van der Waals surface area contributed by atoms with Crippen molar-refractivity contribution >= 4 is 33.5 Å². The quantitative estimate of drug-likeness (QED) is 0.522.